The smallest absolute Gasteiger partial charge is 0.265 e. The van der Waals surface area contributed by atoms with Gasteiger partial charge < -0.3 is 14.5 Å². The number of benzene rings is 4. The fourth-order valence-electron chi connectivity index (χ4n) is 6.01. The lowest BCUT2D eigenvalue weighted by molar-refractivity contribution is -0.120. The van der Waals surface area contributed by atoms with Crippen molar-refractivity contribution < 1.29 is 22.4 Å². The van der Waals surface area contributed by atoms with Crippen LogP contribution in [-0.2, 0) is 20.4 Å². The number of nitrogens with zero attached hydrogens (tertiary/aromatic N) is 1. The van der Waals surface area contributed by atoms with Gasteiger partial charge in [-0.1, -0.05) is 60.2 Å². The van der Waals surface area contributed by atoms with Gasteiger partial charge >= 0.3 is 0 Å². The summed E-state index contributed by atoms with van der Waals surface area (Å²) in [6.07, 6.45) is 0. The van der Waals surface area contributed by atoms with Crippen LogP contribution in [0.2, 0.25) is 0 Å². The van der Waals surface area contributed by atoms with Gasteiger partial charge in [0.05, 0.1) is 17.9 Å². The average Bonchev–Trinajstić information content (AvgIpc) is 3.56. The van der Waals surface area contributed by atoms with E-state index in [9.17, 15) is 13.2 Å². The summed E-state index contributed by atoms with van der Waals surface area (Å²) in [6.45, 7) is 1.90. The molecule has 0 aliphatic carbocycles. The van der Waals surface area contributed by atoms with Crippen molar-refractivity contribution in [3.8, 4) is 5.75 Å². The van der Waals surface area contributed by atoms with Crippen molar-refractivity contribution in [3.05, 3.63) is 120 Å². The number of sulfonamides is 1. The Kier molecular flexibility index (Phi) is 4.96. The number of carbonyl (C=O) groups excluding carboxylic acids is 1. The van der Waals surface area contributed by atoms with Crippen molar-refractivity contribution in [3.63, 3.8) is 0 Å². The van der Waals surface area contributed by atoms with Crippen LogP contribution in [0.4, 0.5) is 11.4 Å². The van der Waals surface area contributed by atoms with E-state index in [2.05, 4.69) is 5.32 Å². The van der Waals surface area contributed by atoms with Crippen LogP contribution in [0.5, 0.6) is 5.75 Å². The summed E-state index contributed by atoms with van der Waals surface area (Å²) in [7, 11) is -2.68. The highest BCUT2D eigenvalue weighted by molar-refractivity contribution is 7.93. The molecule has 3 heterocycles. The van der Waals surface area contributed by atoms with E-state index in [0.717, 1.165) is 11.1 Å². The summed E-state index contributed by atoms with van der Waals surface area (Å²) < 4.78 is 42.6. The first-order chi connectivity index (χ1) is 18.9. The molecule has 0 saturated carbocycles. The number of nitrogens with one attached hydrogen (secondary N) is 1. The van der Waals surface area contributed by atoms with Gasteiger partial charge in [-0.15, -0.1) is 0 Å². The fourth-order valence-corrected chi connectivity index (χ4v) is 7.79. The van der Waals surface area contributed by atoms with E-state index in [4.69, 9.17) is 9.15 Å². The van der Waals surface area contributed by atoms with Gasteiger partial charge in [0.1, 0.15) is 22.8 Å². The van der Waals surface area contributed by atoms with Crippen molar-refractivity contribution in [2.75, 3.05) is 16.7 Å². The minimum absolute atomic E-state index is 0.0938. The zero-order valence-electron chi connectivity index (χ0n) is 21.2. The molecular weight excluding hydrogens is 512 g/mol. The second kappa shape index (κ2) is 8.22. The van der Waals surface area contributed by atoms with Crippen molar-refractivity contribution >= 4 is 38.3 Å². The van der Waals surface area contributed by atoms with Crippen molar-refractivity contribution in [2.45, 2.75) is 23.3 Å². The van der Waals surface area contributed by atoms with Crippen LogP contribution in [0, 0.1) is 6.92 Å². The topological polar surface area (TPSA) is 88.8 Å². The van der Waals surface area contributed by atoms with Gasteiger partial charge in [0.2, 0.25) is 0 Å². The maximum atomic E-state index is 14.7. The third kappa shape index (κ3) is 3.09. The van der Waals surface area contributed by atoms with Crippen LogP contribution in [0.15, 0.2) is 106 Å². The number of hydrogen-bond donors (Lipinski definition) is 1. The summed E-state index contributed by atoms with van der Waals surface area (Å²) in [4.78, 5) is 14.4. The number of furan rings is 1. The molecule has 1 spiro atoms. The fraction of sp³-hybridized carbons (Fsp3) is 0.129. The highest BCUT2D eigenvalue weighted by Crippen LogP contribution is 2.63. The van der Waals surface area contributed by atoms with Crippen molar-refractivity contribution in [2.24, 2.45) is 0 Å². The number of hydrogen-bond acceptors (Lipinski definition) is 5. The van der Waals surface area contributed by atoms with E-state index in [1.165, 1.54) is 4.31 Å². The molecule has 2 unspecified atom stereocenters. The van der Waals surface area contributed by atoms with Gasteiger partial charge in [-0.3, -0.25) is 4.79 Å². The molecule has 0 fully saturated rings. The number of rotatable bonds is 4. The predicted octanol–water partition coefficient (Wildman–Crippen LogP) is 5.94. The minimum atomic E-state index is -4.26. The number of methoxy groups -OCH3 is 1. The maximum absolute atomic E-state index is 14.7. The Morgan fingerprint density at radius 3 is 2.33 bits per heavy atom. The maximum Gasteiger partial charge on any atom is 0.265 e. The molecular formula is C31H24N2O5S. The standard InChI is InChI=1S/C31H24N2O5S/c1-19-11-17-22(18-12-19)39(35,36)33-28-23-7-3-6-10-26(23)38-29(28)27(20-13-15-21(37-2)16-14-20)31(33)24-8-4-5-9-25(24)32-30(31)34/h3-18,27H,1-2H3,(H,32,34). The van der Waals surface area contributed by atoms with Crippen LogP contribution < -0.4 is 14.4 Å². The Balaban J connectivity index is 1.62. The molecule has 39 heavy (non-hydrogen) atoms. The summed E-state index contributed by atoms with van der Waals surface area (Å²) in [5.41, 5.74) is 2.06. The summed E-state index contributed by atoms with van der Waals surface area (Å²) in [6, 6.07) is 28.6. The molecule has 1 aromatic heterocycles. The SMILES string of the molecule is COc1ccc(C2c3oc4ccccc4c3N(S(=O)(=O)c3ccc(C)cc3)C23C(=O)Nc2ccccc23)cc1. The highest BCUT2D eigenvalue weighted by Gasteiger charge is 2.67. The van der Waals surface area contributed by atoms with E-state index >= 15 is 0 Å². The molecule has 5 aromatic rings. The molecule has 2 aliphatic heterocycles. The Labute approximate surface area is 225 Å². The molecule has 0 radical (unpaired) electrons. The van der Waals surface area contributed by atoms with Crippen LogP contribution in [0.1, 0.15) is 28.4 Å². The first-order valence-corrected chi connectivity index (χ1v) is 14.0. The Morgan fingerprint density at radius 1 is 0.897 bits per heavy atom. The first-order valence-electron chi connectivity index (χ1n) is 12.6. The Hall–Kier alpha value is -4.56. The molecule has 1 N–H and O–H groups in total. The summed E-state index contributed by atoms with van der Waals surface area (Å²) in [5.74, 6) is -0.134. The number of anilines is 2. The molecule has 2 atom stereocenters. The van der Waals surface area contributed by atoms with Gasteiger partial charge in [-0.05, 0) is 55.0 Å². The first kappa shape index (κ1) is 23.5. The highest BCUT2D eigenvalue weighted by atomic mass is 32.2. The lowest BCUT2D eigenvalue weighted by Crippen LogP contribution is -2.54. The van der Waals surface area contributed by atoms with E-state index in [1.54, 1.807) is 49.6 Å². The third-order valence-electron chi connectivity index (χ3n) is 7.74. The molecule has 0 saturated heterocycles. The lowest BCUT2D eigenvalue weighted by atomic mass is 9.76. The summed E-state index contributed by atoms with van der Waals surface area (Å²) >= 11 is 0. The van der Waals surface area contributed by atoms with E-state index in [1.807, 2.05) is 61.5 Å². The van der Waals surface area contributed by atoms with Crippen molar-refractivity contribution in [1.29, 1.82) is 0 Å². The minimum Gasteiger partial charge on any atom is -0.497 e. The van der Waals surface area contributed by atoms with Crippen LogP contribution in [-0.4, -0.2) is 21.4 Å². The van der Waals surface area contributed by atoms with E-state index in [-0.39, 0.29) is 4.90 Å². The molecule has 7 nitrogen and oxygen atoms in total. The number of amides is 1. The van der Waals surface area contributed by atoms with Gasteiger partial charge in [-0.2, -0.15) is 0 Å². The molecule has 2 aliphatic rings. The number of para-hydroxylation sites is 2. The van der Waals surface area contributed by atoms with Gasteiger partial charge in [-0.25, -0.2) is 12.7 Å². The lowest BCUT2D eigenvalue weighted by Gasteiger charge is -2.38. The number of aryl methyl sites for hydroxylation is 1. The second-order valence-corrected chi connectivity index (χ2v) is 11.7. The third-order valence-corrected chi connectivity index (χ3v) is 9.56. The Morgan fingerprint density at radius 2 is 1.59 bits per heavy atom. The van der Waals surface area contributed by atoms with E-state index < -0.39 is 27.4 Å². The quantitative estimate of drug-likeness (QED) is 0.307. The predicted molar refractivity (Wildman–Crippen MR) is 149 cm³/mol. The normalized spacial score (nSPS) is 19.8. The molecule has 8 heteroatoms. The summed E-state index contributed by atoms with van der Waals surface area (Å²) in [5, 5.41) is 3.60. The molecule has 1 amide bonds. The van der Waals surface area contributed by atoms with Crippen molar-refractivity contribution in [1.82, 2.24) is 0 Å². The van der Waals surface area contributed by atoms with Gasteiger partial charge in [0, 0.05) is 16.6 Å². The number of carbonyl (C=O) groups is 1. The van der Waals surface area contributed by atoms with Crippen LogP contribution in [0.25, 0.3) is 11.0 Å². The molecule has 7 rings (SSSR count). The average molecular weight is 537 g/mol. The van der Waals surface area contributed by atoms with Gasteiger partial charge in [0.15, 0.2) is 5.54 Å². The Bertz CT molecular complexity index is 1880. The zero-order valence-corrected chi connectivity index (χ0v) is 22.0. The number of fused-ring (bicyclic) bond motifs is 5. The molecule has 194 valence electrons. The largest absolute Gasteiger partial charge is 0.497 e. The van der Waals surface area contributed by atoms with Gasteiger partial charge in [0.25, 0.3) is 15.9 Å². The molecule has 0 bridgehead atoms. The number of ether oxygens (including phenoxy) is 1. The molecule has 4 aromatic carbocycles. The van der Waals surface area contributed by atoms with Crippen LogP contribution >= 0.6 is 0 Å². The van der Waals surface area contributed by atoms with Crippen LogP contribution in [0.3, 0.4) is 0 Å². The zero-order chi connectivity index (χ0) is 26.9. The second-order valence-electron chi connectivity index (χ2n) is 9.87. The van der Waals surface area contributed by atoms with E-state index in [0.29, 0.717) is 39.4 Å². The monoisotopic (exact) mass is 536 g/mol.